The maximum atomic E-state index is 5.69. The van der Waals surface area contributed by atoms with E-state index >= 15 is 0 Å². The minimum atomic E-state index is 0.247. The first kappa shape index (κ1) is 38.3. The molecule has 0 radical (unpaired) electrons. The van der Waals surface area contributed by atoms with Crippen molar-refractivity contribution in [2.24, 2.45) is 0 Å². The summed E-state index contributed by atoms with van der Waals surface area (Å²) in [6.45, 7) is 9.29. The Labute approximate surface area is 323 Å². The van der Waals surface area contributed by atoms with Crippen molar-refractivity contribution in [2.45, 2.75) is 39.8 Å². The summed E-state index contributed by atoms with van der Waals surface area (Å²) in [5.74, 6) is 5.33. The van der Waals surface area contributed by atoms with Crippen LogP contribution in [0.4, 0.5) is 29.2 Å². The van der Waals surface area contributed by atoms with Gasteiger partial charge in [-0.2, -0.15) is 19.9 Å². The van der Waals surface area contributed by atoms with Crippen LogP contribution in [0.15, 0.2) is 61.7 Å². The van der Waals surface area contributed by atoms with Crippen LogP contribution in [0.1, 0.15) is 25.2 Å². The summed E-state index contributed by atoms with van der Waals surface area (Å²) >= 11 is 5.69. The van der Waals surface area contributed by atoms with Crippen LogP contribution >= 0.6 is 11.6 Å². The number of methoxy groups -OCH3 is 2. The summed E-state index contributed by atoms with van der Waals surface area (Å²) in [6, 6.07) is 7.90. The molecule has 6 aromatic rings. The first-order chi connectivity index (χ1) is 26.4. The third-order valence-corrected chi connectivity index (χ3v) is 8.88. The van der Waals surface area contributed by atoms with Crippen molar-refractivity contribution in [1.29, 1.82) is 0 Å². The molecule has 3 N–H and O–H groups in total. The molecule has 55 heavy (non-hydrogen) atoms. The van der Waals surface area contributed by atoms with Crippen molar-refractivity contribution >= 4 is 40.8 Å². The van der Waals surface area contributed by atoms with Crippen LogP contribution in [0.5, 0.6) is 23.3 Å². The van der Waals surface area contributed by atoms with Crippen molar-refractivity contribution in [3.8, 4) is 34.6 Å². The maximum Gasteiger partial charge on any atom is 0.240 e. The Hall–Kier alpha value is -6.43. The van der Waals surface area contributed by atoms with Crippen LogP contribution in [0.3, 0.4) is 0 Å². The van der Waals surface area contributed by atoms with Gasteiger partial charge in [-0.15, -0.1) is 0 Å². The average Bonchev–Trinajstić information content (AvgIpc) is 3.83. The molecule has 8 heterocycles. The van der Waals surface area contributed by atoms with Gasteiger partial charge in [0.25, 0.3) is 0 Å². The van der Waals surface area contributed by atoms with Crippen LogP contribution in [0.2, 0.25) is 5.28 Å². The second-order valence-electron chi connectivity index (χ2n) is 12.7. The number of aromatic nitrogens is 10. The summed E-state index contributed by atoms with van der Waals surface area (Å²) < 4.78 is 25.4. The summed E-state index contributed by atoms with van der Waals surface area (Å²) in [4.78, 5) is 37.9. The Morgan fingerprint density at radius 1 is 0.727 bits per heavy atom. The number of likely N-dealkylation sites (N-methyl/N-ethyl adjacent to an activating group) is 2. The quantitative estimate of drug-likeness (QED) is 0.218. The van der Waals surface area contributed by atoms with Crippen LogP contribution in [-0.4, -0.2) is 103 Å². The molecule has 2 unspecified atom stereocenters. The number of fused-ring (bicyclic) bond motifs is 2. The topological polar surface area (TPSA) is 194 Å². The van der Waals surface area contributed by atoms with Gasteiger partial charge in [0, 0.05) is 26.5 Å². The van der Waals surface area contributed by atoms with Gasteiger partial charge in [-0.05, 0) is 63.6 Å². The van der Waals surface area contributed by atoms with E-state index in [-0.39, 0.29) is 11.3 Å². The number of nitrogens with zero attached hydrogens (tertiary/aromatic N) is 12. The number of pyridine rings is 2. The van der Waals surface area contributed by atoms with Gasteiger partial charge < -0.3 is 48.9 Å². The van der Waals surface area contributed by atoms with Gasteiger partial charge in [-0.25, -0.2) is 19.9 Å². The van der Waals surface area contributed by atoms with Crippen molar-refractivity contribution in [3.63, 3.8) is 0 Å². The van der Waals surface area contributed by atoms with Crippen LogP contribution in [0, 0.1) is 13.8 Å². The van der Waals surface area contributed by atoms with E-state index in [2.05, 4.69) is 63.9 Å². The third-order valence-electron chi connectivity index (χ3n) is 8.70. The number of imidazole rings is 2. The highest BCUT2D eigenvalue weighted by Gasteiger charge is 2.24. The van der Waals surface area contributed by atoms with Crippen molar-refractivity contribution in [2.75, 3.05) is 62.4 Å². The van der Waals surface area contributed by atoms with E-state index in [1.54, 1.807) is 45.3 Å². The number of ether oxygens (including phenoxy) is 4. The van der Waals surface area contributed by atoms with Gasteiger partial charge >= 0.3 is 0 Å². The molecule has 0 bridgehead atoms. The SMILES string of the molecule is CC1COc2cnc(Cl)nc2N1C.COc1nc(N)ccc1-n1cnc(C)c1.COc1nc(Nc2ncc3c(n2)N(C)C(C)CO3)ccc1-n1cnc(C)c1. The summed E-state index contributed by atoms with van der Waals surface area (Å²) in [5, 5.41) is 3.38. The van der Waals surface area contributed by atoms with Gasteiger partial charge in [0.05, 0.1) is 62.7 Å². The molecule has 0 aromatic carbocycles. The Morgan fingerprint density at radius 2 is 1.25 bits per heavy atom. The number of nitrogen functional groups attached to an aromatic ring is 1. The lowest BCUT2D eigenvalue weighted by Crippen LogP contribution is -2.38. The summed E-state index contributed by atoms with van der Waals surface area (Å²) in [6.07, 6.45) is 10.5. The number of rotatable bonds is 6. The molecule has 2 aliphatic heterocycles. The van der Waals surface area contributed by atoms with Crippen molar-refractivity contribution in [1.82, 2.24) is 49.0 Å². The molecule has 6 aromatic heterocycles. The van der Waals surface area contributed by atoms with Gasteiger partial charge in [0.1, 0.15) is 36.2 Å². The minimum Gasteiger partial charge on any atom is -0.486 e. The van der Waals surface area contributed by atoms with E-state index in [4.69, 9.17) is 36.3 Å². The molecule has 0 amide bonds. The van der Waals surface area contributed by atoms with Gasteiger partial charge in [-0.3, -0.25) is 0 Å². The molecule has 2 atom stereocenters. The molecule has 8 rings (SSSR count). The minimum absolute atomic E-state index is 0.247. The van der Waals surface area contributed by atoms with Crippen molar-refractivity contribution < 1.29 is 18.9 Å². The number of hydrogen-bond donors (Lipinski definition) is 2. The zero-order valence-electron chi connectivity index (χ0n) is 31.8. The standard InChI is InChI=1S/C18H21N7O2.C10H12N4O.C8H10ClN3O/c1-11-8-25(10-20-11)13-5-6-15(21-17(13)26-4)22-18-19-7-14-16(23-18)24(3)12(2)9-27-14;1-7-5-14(6-12-7)8-3-4-9(11)13-10(8)15-2;1-5-4-13-6-3-10-8(9)11-7(6)12(5)2/h5-8,10,12H,9H2,1-4H3,(H,19,21,22,23);3-6H,1-2H3,(H2,11,13);3,5H,4H2,1-2H3. The van der Waals surface area contributed by atoms with E-state index in [1.165, 1.54) is 0 Å². The predicted octanol–water partition coefficient (Wildman–Crippen LogP) is 4.85. The molecule has 0 spiro atoms. The lowest BCUT2D eigenvalue weighted by atomic mass is 10.2. The molecule has 2 aliphatic rings. The Bertz CT molecular complexity index is 2250. The molecule has 19 heteroatoms. The maximum absolute atomic E-state index is 5.69. The Kier molecular flexibility index (Phi) is 11.6. The Morgan fingerprint density at radius 3 is 1.80 bits per heavy atom. The summed E-state index contributed by atoms with van der Waals surface area (Å²) in [5.41, 5.74) is 9.06. The fraction of sp³-hybridized carbons (Fsp3) is 0.333. The zero-order valence-corrected chi connectivity index (χ0v) is 32.6. The molecular weight excluding hydrogens is 728 g/mol. The predicted molar refractivity (Wildman–Crippen MR) is 209 cm³/mol. The molecule has 288 valence electrons. The molecule has 0 aliphatic carbocycles. The molecule has 0 saturated carbocycles. The van der Waals surface area contributed by atoms with E-state index < -0.39 is 0 Å². The lowest BCUT2D eigenvalue weighted by molar-refractivity contribution is 0.271. The second kappa shape index (κ2) is 16.7. The molecule has 0 fully saturated rings. The van der Waals surface area contributed by atoms with Crippen molar-refractivity contribution in [3.05, 3.63) is 78.4 Å². The second-order valence-corrected chi connectivity index (χ2v) is 13.0. The largest absolute Gasteiger partial charge is 0.486 e. The van der Waals surface area contributed by atoms with Gasteiger partial charge in [-0.1, -0.05) is 0 Å². The molecular formula is C36H43ClN14O4. The summed E-state index contributed by atoms with van der Waals surface area (Å²) in [7, 11) is 7.11. The Balaban J connectivity index is 0.000000155. The van der Waals surface area contributed by atoms with Gasteiger partial charge in [0.2, 0.25) is 23.0 Å². The number of nitrogens with one attached hydrogen (secondary N) is 1. The van der Waals surface area contributed by atoms with E-state index in [0.717, 1.165) is 34.4 Å². The molecule has 18 nitrogen and oxygen atoms in total. The highest BCUT2D eigenvalue weighted by molar-refractivity contribution is 6.28. The highest BCUT2D eigenvalue weighted by Crippen LogP contribution is 2.32. The van der Waals surface area contributed by atoms with Crippen LogP contribution in [-0.2, 0) is 0 Å². The van der Waals surface area contributed by atoms with E-state index in [0.29, 0.717) is 60.1 Å². The van der Waals surface area contributed by atoms with Gasteiger partial charge in [0.15, 0.2) is 23.1 Å². The first-order valence-corrected chi connectivity index (χ1v) is 17.6. The highest BCUT2D eigenvalue weighted by atomic mass is 35.5. The lowest BCUT2D eigenvalue weighted by Gasteiger charge is -2.32. The monoisotopic (exact) mass is 770 g/mol. The number of nitrogens with two attached hydrogens (primary N) is 1. The fourth-order valence-electron chi connectivity index (χ4n) is 5.40. The number of aryl methyl sites for hydroxylation is 2. The average molecular weight is 771 g/mol. The number of halogens is 1. The number of anilines is 5. The van der Waals surface area contributed by atoms with E-state index in [1.807, 2.05) is 72.6 Å². The number of hydrogen-bond acceptors (Lipinski definition) is 16. The fourth-order valence-corrected chi connectivity index (χ4v) is 5.53. The van der Waals surface area contributed by atoms with E-state index in [9.17, 15) is 0 Å². The third kappa shape index (κ3) is 8.86. The molecule has 0 saturated heterocycles. The smallest absolute Gasteiger partial charge is 0.240 e. The van der Waals surface area contributed by atoms with Crippen LogP contribution < -0.4 is 39.8 Å². The first-order valence-electron chi connectivity index (χ1n) is 17.2. The zero-order chi connectivity index (χ0) is 39.2. The van der Waals surface area contributed by atoms with Crippen LogP contribution in [0.25, 0.3) is 11.4 Å². The normalized spacial score (nSPS) is 15.5.